The maximum Gasteiger partial charge on any atom is 0.407 e. The summed E-state index contributed by atoms with van der Waals surface area (Å²) in [5, 5.41) is 8.74. The van der Waals surface area contributed by atoms with E-state index in [9.17, 15) is 14.0 Å². The van der Waals surface area contributed by atoms with E-state index >= 15 is 0 Å². The van der Waals surface area contributed by atoms with E-state index in [-0.39, 0.29) is 18.5 Å². The second kappa shape index (κ2) is 4.27. The topological polar surface area (TPSA) is 60.9 Å². The summed E-state index contributed by atoms with van der Waals surface area (Å²) in [7, 11) is 0. The smallest absolute Gasteiger partial charge is 0.407 e. The van der Waals surface area contributed by atoms with E-state index in [1.807, 2.05) is 0 Å². The minimum atomic E-state index is -1.07. The van der Waals surface area contributed by atoms with Crippen molar-refractivity contribution in [2.45, 2.75) is 31.5 Å². The van der Waals surface area contributed by atoms with Gasteiger partial charge in [-0.3, -0.25) is 9.69 Å². The number of amides is 2. The molecule has 0 radical (unpaired) electrons. The van der Waals surface area contributed by atoms with Gasteiger partial charge in [0.05, 0.1) is 0 Å². The van der Waals surface area contributed by atoms with Gasteiger partial charge in [-0.2, -0.15) is 0 Å². The fraction of sp³-hybridized carbons (Fsp3) is 0.800. The Balaban J connectivity index is 1.94. The standard InChI is InChI=1S/C10H15FN2O3/c11-7-1-2-8(5-7)13-4-3-12(10(15)16)6-9(13)14/h7-8H,1-6H2,(H,15,16). The lowest BCUT2D eigenvalue weighted by atomic mass is 10.2. The van der Waals surface area contributed by atoms with Crippen molar-refractivity contribution in [2.24, 2.45) is 0 Å². The Morgan fingerprint density at radius 3 is 2.62 bits per heavy atom. The van der Waals surface area contributed by atoms with Crippen molar-refractivity contribution in [1.29, 1.82) is 0 Å². The van der Waals surface area contributed by atoms with Crippen LogP contribution in [0.25, 0.3) is 0 Å². The molecule has 2 unspecified atom stereocenters. The summed E-state index contributed by atoms with van der Waals surface area (Å²) in [5.41, 5.74) is 0. The third kappa shape index (κ3) is 2.10. The van der Waals surface area contributed by atoms with Crippen LogP contribution in [0.5, 0.6) is 0 Å². The van der Waals surface area contributed by atoms with Gasteiger partial charge in [0.1, 0.15) is 12.7 Å². The molecule has 1 heterocycles. The lowest BCUT2D eigenvalue weighted by Gasteiger charge is -2.36. The highest BCUT2D eigenvalue weighted by molar-refractivity contribution is 5.83. The van der Waals surface area contributed by atoms with E-state index < -0.39 is 12.3 Å². The molecule has 2 atom stereocenters. The number of piperazine rings is 1. The Morgan fingerprint density at radius 2 is 2.12 bits per heavy atom. The molecule has 1 aliphatic heterocycles. The van der Waals surface area contributed by atoms with Crippen LogP contribution in [0.2, 0.25) is 0 Å². The number of carbonyl (C=O) groups is 2. The van der Waals surface area contributed by atoms with Crippen LogP contribution in [-0.4, -0.2) is 58.8 Å². The monoisotopic (exact) mass is 230 g/mol. The molecule has 2 rings (SSSR count). The van der Waals surface area contributed by atoms with E-state index in [4.69, 9.17) is 5.11 Å². The van der Waals surface area contributed by atoms with Gasteiger partial charge in [-0.1, -0.05) is 0 Å². The summed E-state index contributed by atoms with van der Waals surface area (Å²) < 4.78 is 13.0. The molecule has 2 amide bonds. The molecule has 2 aliphatic rings. The van der Waals surface area contributed by atoms with Gasteiger partial charge < -0.3 is 10.0 Å². The van der Waals surface area contributed by atoms with Crippen LogP contribution in [0, 0.1) is 0 Å². The largest absolute Gasteiger partial charge is 0.465 e. The third-order valence-electron chi connectivity index (χ3n) is 3.31. The summed E-state index contributed by atoms with van der Waals surface area (Å²) in [6, 6.07) is -0.0292. The summed E-state index contributed by atoms with van der Waals surface area (Å²) in [6.45, 7) is 0.625. The molecule has 0 aromatic carbocycles. The lowest BCUT2D eigenvalue weighted by molar-refractivity contribution is -0.137. The second-order valence-electron chi connectivity index (χ2n) is 4.36. The van der Waals surface area contributed by atoms with Gasteiger partial charge >= 0.3 is 6.09 Å². The first-order chi connectivity index (χ1) is 7.58. The summed E-state index contributed by atoms with van der Waals surface area (Å²) >= 11 is 0. The van der Waals surface area contributed by atoms with E-state index in [2.05, 4.69) is 0 Å². The average Bonchev–Trinajstić information content (AvgIpc) is 2.64. The van der Waals surface area contributed by atoms with Crippen LogP contribution >= 0.6 is 0 Å². The molecule has 90 valence electrons. The molecule has 1 aliphatic carbocycles. The Morgan fingerprint density at radius 1 is 1.38 bits per heavy atom. The lowest BCUT2D eigenvalue weighted by Crippen LogP contribution is -2.54. The van der Waals surface area contributed by atoms with Crippen LogP contribution in [0.15, 0.2) is 0 Å². The van der Waals surface area contributed by atoms with Crippen molar-refractivity contribution in [2.75, 3.05) is 19.6 Å². The maximum atomic E-state index is 13.0. The Hall–Kier alpha value is -1.33. The van der Waals surface area contributed by atoms with E-state index in [0.29, 0.717) is 32.4 Å². The van der Waals surface area contributed by atoms with Gasteiger partial charge in [0.15, 0.2) is 0 Å². The Bertz CT molecular complexity index is 310. The van der Waals surface area contributed by atoms with Crippen molar-refractivity contribution >= 4 is 12.0 Å². The molecule has 1 N–H and O–H groups in total. The summed E-state index contributed by atoms with van der Waals surface area (Å²) in [4.78, 5) is 25.1. The zero-order valence-electron chi connectivity index (χ0n) is 8.93. The minimum absolute atomic E-state index is 0.0292. The van der Waals surface area contributed by atoms with Crippen LogP contribution in [0.1, 0.15) is 19.3 Å². The number of hydrogen-bond donors (Lipinski definition) is 1. The fourth-order valence-corrected chi connectivity index (χ4v) is 2.42. The van der Waals surface area contributed by atoms with Gasteiger partial charge in [0, 0.05) is 19.1 Å². The Labute approximate surface area is 92.8 Å². The van der Waals surface area contributed by atoms with Gasteiger partial charge in [-0.25, -0.2) is 9.18 Å². The fourth-order valence-electron chi connectivity index (χ4n) is 2.42. The molecule has 1 saturated heterocycles. The maximum absolute atomic E-state index is 13.0. The first-order valence-electron chi connectivity index (χ1n) is 5.49. The van der Waals surface area contributed by atoms with Crippen LogP contribution in [0.3, 0.4) is 0 Å². The molecule has 16 heavy (non-hydrogen) atoms. The van der Waals surface area contributed by atoms with E-state index in [0.717, 1.165) is 4.90 Å². The highest BCUT2D eigenvalue weighted by Crippen LogP contribution is 2.27. The van der Waals surface area contributed by atoms with Gasteiger partial charge in [0.25, 0.3) is 0 Å². The number of nitrogens with zero attached hydrogens (tertiary/aromatic N) is 2. The molecule has 6 heteroatoms. The van der Waals surface area contributed by atoms with E-state index in [1.165, 1.54) is 0 Å². The summed E-state index contributed by atoms with van der Waals surface area (Å²) in [6.07, 6.45) is -0.270. The van der Waals surface area contributed by atoms with Crippen LogP contribution < -0.4 is 0 Å². The number of halogens is 1. The quantitative estimate of drug-likeness (QED) is 0.721. The van der Waals surface area contributed by atoms with Gasteiger partial charge in [0.2, 0.25) is 5.91 Å². The first kappa shape index (κ1) is 11.2. The zero-order chi connectivity index (χ0) is 11.7. The number of hydrogen-bond acceptors (Lipinski definition) is 2. The number of carbonyl (C=O) groups excluding carboxylic acids is 1. The highest BCUT2D eigenvalue weighted by Gasteiger charge is 2.35. The average molecular weight is 230 g/mol. The first-order valence-corrected chi connectivity index (χ1v) is 5.49. The number of carboxylic acid groups (broad SMARTS) is 1. The predicted octanol–water partition coefficient (Wildman–Crippen LogP) is 0.699. The van der Waals surface area contributed by atoms with Gasteiger partial charge in [-0.15, -0.1) is 0 Å². The van der Waals surface area contributed by atoms with Gasteiger partial charge in [-0.05, 0) is 19.3 Å². The van der Waals surface area contributed by atoms with Crippen LogP contribution in [-0.2, 0) is 4.79 Å². The van der Waals surface area contributed by atoms with Crippen molar-refractivity contribution < 1.29 is 19.1 Å². The normalized spacial score (nSPS) is 30.9. The van der Waals surface area contributed by atoms with Crippen molar-refractivity contribution in [3.63, 3.8) is 0 Å². The molecule has 0 aromatic heterocycles. The highest BCUT2D eigenvalue weighted by atomic mass is 19.1. The second-order valence-corrected chi connectivity index (χ2v) is 4.36. The molecule has 0 spiro atoms. The molecule has 0 bridgehead atoms. The van der Waals surface area contributed by atoms with Crippen molar-refractivity contribution in [1.82, 2.24) is 9.80 Å². The molecular weight excluding hydrogens is 215 g/mol. The molecule has 2 fully saturated rings. The number of alkyl halides is 1. The summed E-state index contributed by atoms with van der Waals surface area (Å²) in [5.74, 6) is -0.201. The SMILES string of the molecule is O=C(O)N1CCN(C2CCC(F)C2)C(=O)C1. The Kier molecular flexibility index (Phi) is 2.98. The van der Waals surface area contributed by atoms with Crippen molar-refractivity contribution in [3.8, 4) is 0 Å². The van der Waals surface area contributed by atoms with Crippen molar-refractivity contribution in [3.05, 3.63) is 0 Å². The van der Waals surface area contributed by atoms with Crippen LogP contribution in [0.4, 0.5) is 9.18 Å². The van der Waals surface area contributed by atoms with E-state index in [1.54, 1.807) is 4.90 Å². The third-order valence-corrected chi connectivity index (χ3v) is 3.31. The molecule has 5 nitrogen and oxygen atoms in total. The number of rotatable bonds is 1. The molecular formula is C10H15FN2O3. The zero-order valence-corrected chi connectivity index (χ0v) is 8.93. The predicted molar refractivity (Wildman–Crippen MR) is 53.8 cm³/mol. The minimum Gasteiger partial charge on any atom is -0.465 e. The molecule has 1 saturated carbocycles. The molecule has 0 aromatic rings.